The molecule has 0 aliphatic rings. The Morgan fingerprint density at radius 2 is 2.35 bits per heavy atom. The number of aromatic nitrogens is 3. The Hall–Kier alpha value is -2.31. The summed E-state index contributed by atoms with van der Waals surface area (Å²) < 4.78 is 4.74. The van der Waals surface area contributed by atoms with Crippen LogP contribution in [0.4, 0.5) is 16.3 Å². The second-order valence-electron chi connectivity index (χ2n) is 3.46. The molecule has 0 unspecified atom stereocenters. The van der Waals surface area contributed by atoms with Crippen molar-refractivity contribution in [2.24, 2.45) is 0 Å². The molecule has 0 spiro atoms. The summed E-state index contributed by atoms with van der Waals surface area (Å²) in [5, 5.41) is 2.48. The predicted molar refractivity (Wildman–Crippen MR) is 63.7 cm³/mol. The molecule has 2 heterocycles. The van der Waals surface area contributed by atoms with E-state index < -0.39 is 6.09 Å². The zero-order valence-corrected chi connectivity index (χ0v) is 9.57. The molecule has 0 saturated heterocycles. The lowest BCUT2D eigenvalue weighted by Gasteiger charge is -2.05. The quantitative estimate of drug-likeness (QED) is 0.729. The highest BCUT2D eigenvalue weighted by Gasteiger charge is 2.09. The highest BCUT2D eigenvalue weighted by atomic mass is 16.5. The molecule has 2 rings (SSSR count). The Bertz CT molecular complexity index is 563. The number of nitrogen functional groups attached to an aromatic ring is 1. The Morgan fingerprint density at radius 3 is 3.06 bits per heavy atom. The van der Waals surface area contributed by atoms with E-state index in [4.69, 9.17) is 10.5 Å². The van der Waals surface area contributed by atoms with Gasteiger partial charge in [0.25, 0.3) is 0 Å². The first-order chi connectivity index (χ1) is 8.10. The number of anilines is 2. The number of nitrogens with zero attached hydrogens (tertiary/aromatic N) is 2. The molecule has 0 aliphatic carbocycles. The molecule has 2 aromatic rings. The lowest BCUT2D eigenvalue weighted by molar-refractivity contribution is 0.168. The summed E-state index contributed by atoms with van der Waals surface area (Å²) in [6, 6.07) is 1.55. The Morgan fingerprint density at radius 1 is 1.59 bits per heavy atom. The van der Waals surface area contributed by atoms with E-state index in [9.17, 15) is 4.79 Å². The number of ether oxygens (including phenoxy) is 1. The number of imidazole rings is 1. The predicted octanol–water partition coefficient (Wildman–Crippen LogP) is 1.42. The second kappa shape index (κ2) is 4.28. The lowest BCUT2D eigenvalue weighted by atomic mass is 10.3. The van der Waals surface area contributed by atoms with Gasteiger partial charge in [0.05, 0.1) is 12.3 Å². The third-order valence-corrected chi connectivity index (χ3v) is 2.12. The number of hydrogen-bond acceptors (Lipinski definition) is 5. The molecule has 0 aromatic carbocycles. The van der Waals surface area contributed by atoms with Crippen LogP contribution in [0.5, 0.6) is 0 Å². The molecule has 0 atom stereocenters. The molecule has 0 fully saturated rings. The van der Waals surface area contributed by atoms with Crippen molar-refractivity contribution in [1.29, 1.82) is 0 Å². The summed E-state index contributed by atoms with van der Waals surface area (Å²) in [7, 11) is 0. The molecule has 17 heavy (non-hydrogen) atoms. The third kappa shape index (κ3) is 2.27. The van der Waals surface area contributed by atoms with Crippen molar-refractivity contribution in [2.45, 2.75) is 13.8 Å². The SMILES string of the molecule is CCOC(=O)Nc1cc(N)c2[nH]c(C)nc2n1. The lowest BCUT2D eigenvalue weighted by Crippen LogP contribution is -2.14. The minimum Gasteiger partial charge on any atom is -0.450 e. The number of nitrogens with one attached hydrogen (secondary N) is 2. The Kier molecular flexibility index (Phi) is 2.82. The van der Waals surface area contributed by atoms with E-state index in [2.05, 4.69) is 20.3 Å². The van der Waals surface area contributed by atoms with Crippen LogP contribution in [0.2, 0.25) is 0 Å². The van der Waals surface area contributed by atoms with Gasteiger partial charge < -0.3 is 15.5 Å². The molecule has 2 aromatic heterocycles. The van der Waals surface area contributed by atoms with Gasteiger partial charge in [0.1, 0.15) is 17.2 Å². The maximum atomic E-state index is 11.2. The van der Waals surface area contributed by atoms with Crippen LogP contribution in [0.3, 0.4) is 0 Å². The number of aromatic amines is 1. The van der Waals surface area contributed by atoms with Crippen molar-refractivity contribution in [3.63, 3.8) is 0 Å². The van der Waals surface area contributed by atoms with Crippen molar-refractivity contribution in [1.82, 2.24) is 15.0 Å². The fourth-order valence-electron chi connectivity index (χ4n) is 1.46. The van der Waals surface area contributed by atoms with Crippen LogP contribution in [0.15, 0.2) is 6.07 Å². The van der Waals surface area contributed by atoms with E-state index >= 15 is 0 Å². The van der Waals surface area contributed by atoms with Gasteiger partial charge in [-0.05, 0) is 13.8 Å². The minimum atomic E-state index is -0.564. The average molecular weight is 235 g/mol. The number of carbonyl (C=O) groups is 1. The van der Waals surface area contributed by atoms with Gasteiger partial charge in [0, 0.05) is 6.07 Å². The molecule has 1 amide bonds. The Balaban J connectivity index is 2.33. The fraction of sp³-hybridized carbons (Fsp3) is 0.300. The van der Waals surface area contributed by atoms with Crippen molar-refractivity contribution in [3.05, 3.63) is 11.9 Å². The number of fused-ring (bicyclic) bond motifs is 1. The van der Waals surface area contributed by atoms with Crippen LogP contribution in [0.25, 0.3) is 11.2 Å². The van der Waals surface area contributed by atoms with Crippen LogP contribution in [0.1, 0.15) is 12.7 Å². The summed E-state index contributed by atoms with van der Waals surface area (Å²) in [6.45, 7) is 3.83. The number of amides is 1. The molecule has 0 saturated carbocycles. The third-order valence-electron chi connectivity index (χ3n) is 2.12. The normalized spacial score (nSPS) is 10.5. The number of pyridine rings is 1. The standard InChI is InChI=1S/C10H13N5O2/c1-3-17-10(16)15-7-4-6(11)8-9(14-7)13-5(2)12-8/h4H,3H2,1-2H3,(H4,11,12,13,14,15,16). The number of rotatable bonds is 2. The minimum absolute atomic E-state index is 0.297. The van der Waals surface area contributed by atoms with E-state index in [-0.39, 0.29) is 0 Å². The summed E-state index contributed by atoms with van der Waals surface area (Å²) in [6.07, 6.45) is -0.564. The fourth-order valence-corrected chi connectivity index (χ4v) is 1.46. The molecule has 0 radical (unpaired) electrons. The number of aryl methyl sites for hydroxylation is 1. The highest BCUT2D eigenvalue weighted by Crippen LogP contribution is 2.20. The van der Waals surface area contributed by atoms with E-state index in [0.29, 0.717) is 35.1 Å². The zero-order chi connectivity index (χ0) is 12.4. The van der Waals surface area contributed by atoms with Gasteiger partial charge in [-0.2, -0.15) is 0 Å². The van der Waals surface area contributed by atoms with Gasteiger partial charge in [-0.25, -0.2) is 14.8 Å². The topological polar surface area (TPSA) is 106 Å². The first-order valence-corrected chi connectivity index (χ1v) is 5.16. The number of nitrogens with two attached hydrogens (primary N) is 1. The van der Waals surface area contributed by atoms with Crippen molar-refractivity contribution < 1.29 is 9.53 Å². The van der Waals surface area contributed by atoms with Gasteiger partial charge in [-0.1, -0.05) is 0 Å². The maximum Gasteiger partial charge on any atom is 0.412 e. The molecular weight excluding hydrogens is 222 g/mol. The van der Waals surface area contributed by atoms with Crippen LogP contribution >= 0.6 is 0 Å². The first kappa shape index (κ1) is 11.2. The van der Waals surface area contributed by atoms with Crippen LogP contribution in [-0.4, -0.2) is 27.7 Å². The number of H-pyrrole nitrogens is 1. The highest BCUT2D eigenvalue weighted by molar-refractivity contribution is 5.90. The van der Waals surface area contributed by atoms with Gasteiger partial charge >= 0.3 is 6.09 Å². The summed E-state index contributed by atoms with van der Waals surface area (Å²) in [5.74, 6) is 1.03. The largest absolute Gasteiger partial charge is 0.450 e. The second-order valence-corrected chi connectivity index (χ2v) is 3.46. The van der Waals surface area contributed by atoms with Crippen LogP contribution in [0, 0.1) is 6.92 Å². The van der Waals surface area contributed by atoms with Gasteiger partial charge in [0.15, 0.2) is 5.65 Å². The molecule has 7 heteroatoms. The van der Waals surface area contributed by atoms with E-state index in [1.165, 1.54) is 0 Å². The van der Waals surface area contributed by atoms with Crippen LogP contribution in [-0.2, 0) is 4.74 Å². The number of hydrogen-bond donors (Lipinski definition) is 3. The van der Waals surface area contributed by atoms with E-state index in [0.717, 1.165) is 0 Å². The molecular formula is C10H13N5O2. The number of carbonyl (C=O) groups excluding carboxylic acids is 1. The molecule has 4 N–H and O–H groups in total. The monoisotopic (exact) mass is 235 g/mol. The Labute approximate surface area is 97.4 Å². The molecule has 0 aliphatic heterocycles. The summed E-state index contributed by atoms with van der Waals surface area (Å²) in [5.41, 5.74) is 7.42. The van der Waals surface area contributed by atoms with Gasteiger partial charge in [-0.15, -0.1) is 0 Å². The molecule has 7 nitrogen and oxygen atoms in total. The van der Waals surface area contributed by atoms with Gasteiger partial charge in [0.2, 0.25) is 0 Å². The summed E-state index contributed by atoms with van der Waals surface area (Å²) >= 11 is 0. The van der Waals surface area contributed by atoms with Crippen molar-refractivity contribution in [2.75, 3.05) is 17.7 Å². The maximum absolute atomic E-state index is 11.2. The van der Waals surface area contributed by atoms with E-state index in [1.54, 1.807) is 19.9 Å². The first-order valence-electron chi connectivity index (χ1n) is 5.16. The van der Waals surface area contributed by atoms with Crippen LogP contribution < -0.4 is 11.1 Å². The smallest absolute Gasteiger partial charge is 0.412 e. The summed E-state index contributed by atoms with van der Waals surface area (Å²) in [4.78, 5) is 22.5. The zero-order valence-electron chi connectivity index (χ0n) is 9.57. The molecule has 90 valence electrons. The van der Waals surface area contributed by atoms with Gasteiger partial charge in [-0.3, -0.25) is 5.32 Å². The molecule has 0 bridgehead atoms. The van der Waals surface area contributed by atoms with Crippen molar-refractivity contribution in [3.8, 4) is 0 Å². The van der Waals surface area contributed by atoms with Crippen molar-refractivity contribution >= 4 is 28.8 Å². The van der Waals surface area contributed by atoms with E-state index in [1.807, 2.05) is 0 Å². The average Bonchev–Trinajstić information content (AvgIpc) is 2.59.